The van der Waals surface area contributed by atoms with E-state index in [1.807, 2.05) is 6.92 Å². The van der Waals surface area contributed by atoms with Gasteiger partial charge in [-0.1, -0.05) is 27.7 Å². The first-order valence-corrected chi connectivity index (χ1v) is 12.2. The van der Waals surface area contributed by atoms with Crippen molar-refractivity contribution in [1.82, 2.24) is 0 Å². The summed E-state index contributed by atoms with van der Waals surface area (Å²) in [5.41, 5.74) is 0.197. The number of hydrogen-bond acceptors (Lipinski definition) is 3. The van der Waals surface area contributed by atoms with Crippen molar-refractivity contribution in [2.24, 2.45) is 52.3 Å². The Morgan fingerprint density at radius 3 is 2.41 bits per heavy atom. The van der Waals surface area contributed by atoms with E-state index in [-0.39, 0.29) is 29.0 Å². The van der Waals surface area contributed by atoms with Crippen LogP contribution in [0.3, 0.4) is 0 Å². The predicted molar refractivity (Wildman–Crippen MR) is 113 cm³/mol. The third kappa shape index (κ3) is 3.28. The van der Waals surface area contributed by atoms with Crippen molar-refractivity contribution in [1.29, 1.82) is 0 Å². The lowest BCUT2D eigenvalue weighted by Gasteiger charge is -2.62. The van der Waals surface area contributed by atoms with Gasteiger partial charge < -0.3 is 15.3 Å². The molecule has 0 aromatic rings. The molecule has 4 aliphatic carbocycles. The van der Waals surface area contributed by atoms with Crippen LogP contribution in [-0.4, -0.2) is 33.5 Å². The minimum Gasteiger partial charge on any atom is -0.481 e. The van der Waals surface area contributed by atoms with Crippen molar-refractivity contribution in [2.45, 2.75) is 97.7 Å². The second kappa shape index (κ2) is 7.51. The van der Waals surface area contributed by atoms with E-state index < -0.39 is 5.97 Å². The van der Waals surface area contributed by atoms with Gasteiger partial charge in [0.05, 0.1) is 18.1 Å². The number of carboxylic acids is 1. The molecule has 0 aromatic heterocycles. The number of hydrogen-bond donors (Lipinski definition) is 3. The van der Waals surface area contributed by atoms with Gasteiger partial charge in [0.1, 0.15) is 0 Å². The lowest BCUT2D eigenvalue weighted by Crippen LogP contribution is -2.58. The quantitative estimate of drug-likeness (QED) is 0.631. The molecule has 0 aliphatic heterocycles. The maximum absolute atomic E-state index is 11.5. The largest absolute Gasteiger partial charge is 0.481 e. The molecule has 11 atom stereocenters. The van der Waals surface area contributed by atoms with Crippen LogP contribution < -0.4 is 0 Å². The first kappa shape index (κ1) is 21.6. The molecule has 4 rings (SSSR count). The summed E-state index contributed by atoms with van der Waals surface area (Å²) in [5.74, 6) is 2.17. The molecule has 0 amide bonds. The zero-order chi connectivity index (χ0) is 21.1. The van der Waals surface area contributed by atoms with E-state index in [1.54, 1.807) is 0 Å². The Morgan fingerprint density at radius 1 is 1.00 bits per heavy atom. The SMILES string of the molecule is CC(C[C@H](C)C(=O)O)[C@H]1CCC2C3CC[C@@H]4C[C@H](O)CC[C@]4(C)C3C[C@H](O)[C@@]21C. The van der Waals surface area contributed by atoms with E-state index in [9.17, 15) is 20.1 Å². The first-order valence-electron chi connectivity index (χ1n) is 12.2. The van der Waals surface area contributed by atoms with Gasteiger partial charge in [-0.05, 0) is 104 Å². The summed E-state index contributed by atoms with van der Waals surface area (Å²) >= 11 is 0. The molecule has 0 aromatic carbocycles. The molecule has 4 saturated carbocycles. The zero-order valence-corrected chi connectivity index (χ0v) is 18.8. The Hall–Kier alpha value is -0.610. The summed E-state index contributed by atoms with van der Waals surface area (Å²) in [7, 11) is 0. The molecule has 0 saturated heterocycles. The Balaban J connectivity index is 1.57. The second-order valence-corrected chi connectivity index (χ2v) is 11.8. The average molecular weight is 407 g/mol. The van der Waals surface area contributed by atoms with Crippen molar-refractivity contribution < 1.29 is 20.1 Å². The van der Waals surface area contributed by atoms with Crippen LogP contribution in [0.2, 0.25) is 0 Å². The van der Waals surface area contributed by atoms with Crippen molar-refractivity contribution in [3.63, 3.8) is 0 Å². The normalized spacial score (nSPS) is 51.4. The van der Waals surface area contributed by atoms with Crippen LogP contribution in [0, 0.1) is 52.3 Å². The summed E-state index contributed by atoms with van der Waals surface area (Å²) in [6, 6.07) is 0. The fourth-order valence-corrected chi connectivity index (χ4v) is 8.98. The third-order valence-electron chi connectivity index (χ3n) is 10.7. The average Bonchev–Trinajstić information content (AvgIpc) is 3.02. The van der Waals surface area contributed by atoms with Gasteiger partial charge >= 0.3 is 5.97 Å². The number of rotatable bonds is 4. The van der Waals surface area contributed by atoms with Gasteiger partial charge in [-0.3, -0.25) is 4.79 Å². The maximum atomic E-state index is 11.5. The fourth-order valence-electron chi connectivity index (χ4n) is 8.98. The number of aliphatic carboxylic acids is 1. The van der Waals surface area contributed by atoms with Gasteiger partial charge in [0.2, 0.25) is 0 Å². The molecule has 4 nitrogen and oxygen atoms in total. The van der Waals surface area contributed by atoms with E-state index in [1.165, 1.54) is 19.3 Å². The highest BCUT2D eigenvalue weighted by molar-refractivity contribution is 5.69. The molecule has 4 unspecified atom stereocenters. The fraction of sp³-hybridized carbons (Fsp3) is 0.960. The van der Waals surface area contributed by atoms with Crippen LogP contribution in [-0.2, 0) is 4.79 Å². The molecule has 4 fully saturated rings. The number of fused-ring (bicyclic) bond motifs is 5. The standard InChI is InChI=1S/C25H42O4/c1-14(11-15(2)23(28)29)19-7-8-20-18-6-5-16-12-17(26)9-10-24(16,3)21(18)13-22(27)25(19,20)4/h14-22,26-27H,5-13H2,1-4H3,(H,28,29)/t14?,15-,16+,17+,18?,19+,20?,21?,22-,24-,25+/m0/s1. The Morgan fingerprint density at radius 2 is 1.72 bits per heavy atom. The molecule has 166 valence electrons. The minimum absolute atomic E-state index is 0.0732. The zero-order valence-electron chi connectivity index (χ0n) is 18.8. The van der Waals surface area contributed by atoms with Gasteiger partial charge in [-0.2, -0.15) is 0 Å². The monoisotopic (exact) mass is 406 g/mol. The van der Waals surface area contributed by atoms with Gasteiger partial charge in [-0.15, -0.1) is 0 Å². The summed E-state index contributed by atoms with van der Waals surface area (Å²) in [6.07, 6.45) is 8.96. The number of carbonyl (C=O) groups is 1. The molecule has 4 heteroatoms. The summed E-state index contributed by atoms with van der Waals surface area (Å²) < 4.78 is 0. The smallest absolute Gasteiger partial charge is 0.306 e. The van der Waals surface area contributed by atoms with E-state index in [0.29, 0.717) is 41.9 Å². The van der Waals surface area contributed by atoms with Crippen LogP contribution >= 0.6 is 0 Å². The topological polar surface area (TPSA) is 77.8 Å². The van der Waals surface area contributed by atoms with Gasteiger partial charge in [0.25, 0.3) is 0 Å². The highest BCUT2D eigenvalue weighted by Crippen LogP contribution is 2.68. The van der Waals surface area contributed by atoms with Crippen molar-refractivity contribution in [3.05, 3.63) is 0 Å². The molecular weight excluding hydrogens is 364 g/mol. The number of aliphatic hydroxyl groups excluding tert-OH is 2. The summed E-state index contributed by atoms with van der Waals surface area (Å²) in [5, 5.41) is 31.1. The van der Waals surface area contributed by atoms with Gasteiger partial charge in [0, 0.05) is 0 Å². The molecule has 0 heterocycles. The lowest BCUT2D eigenvalue weighted by atomic mass is 9.43. The molecule has 0 bridgehead atoms. The molecular formula is C25H42O4. The Labute approximate surface area is 176 Å². The van der Waals surface area contributed by atoms with Crippen LogP contribution in [0.15, 0.2) is 0 Å². The molecule has 0 radical (unpaired) electrons. The van der Waals surface area contributed by atoms with E-state index in [2.05, 4.69) is 20.8 Å². The third-order valence-corrected chi connectivity index (χ3v) is 10.7. The molecule has 0 spiro atoms. The summed E-state index contributed by atoms with van der Waals surface area (Å²) in [4.78, 5) is 11.4. The first-order chi connectivity index (χ1) is 13.6. The molecule has 4 aliphatic rings. The Kier molecular flexibility index (Phi) is 5.60. The predicted octanol–water partition coefficient (Wildman–Crippen LogP) is 4.72. The van der Waals surface area contributed by atoms with Gasteiger partial charge in [0.15, 0.2) is 0 Å². The number of aliphatic hydroxyl groups is 2. The summed E-state index contributed by atoms with van der Waals surface area (Å²) in [6.45, 7) is 8.83. The molecule has 29 heavy (non-hydrogen) atoms. The highest BCUT2D eigenvalue weighted by atomic mass is 16.4. The van der Waals surface area contributed by atoms with Crippen LogP contribution in [0.5, 0.6) is 0 Å². The second-order valence-electron chi connectivity index (χ2n) is 11.8. The van der Waals surface area contributed by atoms with Crippen molar-refractivity contribution in [2.75, 3.05) is 0 Å². The Bertz CT molecular complexity index is 634. The van der Waals surface area contributed by atoms with Crippen LogP contribution in [0.4, 0.5) is 0 Å². The van der Waals surface area contributed by atoms with Gasteiger partial charge in [-0.25, -0.2) is 0 Å². The highest BCUT2D eigenvalue weighted by Gasteiger charge is 2.63. The minimum atomic E-state index is -0.702. The van der Waals surface area contributed by atoms with Crippen molar-refractivity contribution in [3.8, 4) is 0 Å². The maximum Gasteiger partial charge on any atom is 0.306 e. The van der Waals surface area contributed by atoms with E-state index >= 15 is 0 Å². The lowest BCUT2D eigenvalue weighted by molar-refractivity contribution is -0.175. The number of carboxylic acid groups (broad SMARTS) is 1. The van der Waals surface area contributed by atoms with E-state index in [4.69, 9.17) is 0 Å². The van der Waals surface area contributed by atoms with Crippen LogP contribution in [0.1, 0.15) is 85.5 Å². The molecule has 3 N–H and O–H groups in total. The van der Waals surface area contributed by atoms with Crippen molar-refractivity contribution >= 4 is 5.97 Å². The van der Waals surface area contributed by atoms with E-state index in [0.717, 1.165) is 32.1 Å². The van der Waals surface area contributed by atoms with Crippen LogP contribution in [0.25, 0.3) is 0 Å².